The summed E-state index contributed by atoms with van der Waals surface area (Å²) in [7, 11) is 0. The lowest BCUT2D eigenvalue weighted by atomic mass is 10.3. The Morgan fingerprint density at radius 3 is 2.77 bits per heavy atom. The highest BCUT2D eigenvalue weighted by atomic mass is 16.6. The molecule has 0 bridgehead atoms. The van der Waals surface area contributed by atoms with E-state index in [1.54, 1.807) is 6.92 Å². The molecular formula is C10H16O3. The predicted molar refractivity (Wildman–Crippen MR) is 51.4 cm³/mol. The quantitative estimate of drug-likeness (QED) is 0.358. The first-order chi connectivity index (χ1) is 6.16. The molecule has 0 atom stereocenters. The summed E-state index contributed by atoms with van der Waals surface area (Å²) in [5, 5.41) is 0. The molecule has 74 valence electrons. The molecule has 0 aromatic carbocycles. The highest BCUT2D eigenvalue weighted by Crippen LogP contribution is 1.89. The van der Waals surface area contributed by atoms with E-state index in [1.165, 1.54) is 0 Å². The molecule has 0 N–H and O–H groups in total. The standard InChI is InChI=1S/C10H16O3/c1-4-13-10(11)8-12-7-5-6-9(2)3/h5-6H,2,4,7-8H2,1,3H3/b6-5+. The van der Waals surface area contributed by atoms with Crippen molar-refractivity contribution >= 4 is 5.97 Å². The lowest BCUT2D eigenvalue weighted by molar-refractivity contribution is -0.147. The average molecular weight is 184 g/mol. The molecule has 3 heteroatoms. The van der Waals surface area contributed by atoms with Crippen LogP contribution in [-0.4, -0.2) is 25.8 Å². The number of hydrogen-bond acceptors (Lipinski definition) is 3. The third kappa shape index (κ3) is 8.82. The molecule has 0 amide bonds. The van der Waals surface area contributed by atoms with E-state index < -0.39 is 0 Å². The first-order valence-electron chi connectivity index (χ1n) is 4.22. The van der Waals surface area contributed by atoms with E-state index in [1.807, 2.05) is 19.1 Å². The summed E-state index contributed by atoms with van der Waals surface area (Å²) in [4.78, 5) is 10.8. The van der Waals surface area contributed by atoms with Gasteiger partial charge in [0.25, 0.3) is 0 Å². The molecule has 0 saturated carbocycles. The van der Waals surface area contributed by atoms with Gasteiger partial charge in [-0.1, -0.05) is 24.3 Å². The minimum absolute atomic E-state index is 0.00830. The third-order valence-electron chi connectivity index (χ3n) is 1.14. The van der Waals surface area contributed by atoms with Crippen LogP contribution in [0.2, 0.25) is 0 Å². The van der Waals surface area contributed by atoms with E-state index in [0.29, 0.717) is 13.2 Å². The Labute approximate surface area is 79.0 Å². The summed E-state index contributed by atoms with van der Waals surface area (Å²) in [5.74, 6) is -0.328. The minimum atomic E-state index is -0.328. The van der Waals surface area contributed by atoms with E-state index >= 15 is 0 Å². The second-order valence-electron chi connectivity index (χ2n) is 2.57. The molecular weight excluding hydrogens is 168 g/mol. The van der Waals surface area contributed by atoms with Gasteiger partial charge in [-0.05, 0) is 13.8 Å². The number of hydrogen-bond donors (Lipinski definition) is 0. The molecule has 13 heavy (non-hydrogen) atoms. The van der Waals surface area contributed by atoms with Crippen LogP contribution in [0.3, 0.4) is 0 Å². The lowest BCUT2D eigenvalue weighted by Gasteiger charge is -2.00. The highest BCUT2D eigenvalue weighted by molar-refractivity contribution is 5.70. The van der Waals surface area contributed by atoms with Crippen molar-refractivity contribution < 1.29 is 14.3 Å². The van der Waals surface area contributed by atoms with Crippen LogP contribution < -0.4 is 0 Å². The maximum atomic E-state index is 10.8. The van der Waals surface area contributed by atoms with Gasteiger partial charge in [0, 0.05) is 0 Å². The molecule has 0 aromatic rings. The van der Waals surface area contributed by atoms with Gasteiger partial charge < -0.3 is 9.47 Å². The van der Waals surface area contributed by atoms with Crippen LogP contribution in [0.25, 0.3) is 0 Å². The highest BCUT2D eigenvalue weighted by Gasteiger charge is 1.98. The summed E-state index contributed by atoms with van der Waals surface area (Å²) >= 11 is 0. The molecule has 0 aliphatic rings. The van der Waals surface area contributed by atoms with Gasteiger partial charge in [-0.2, -0.15) is 0 Å². The Balaban J connectivity index is 3.35. The van der Waals surface area contributed by atoms with Crippen LogP contribution in [0.5, 0.6) is 0 Å². The summed E-state index contributed by atoms with van der Waals surface area (Å²) < 4.78 is 9.66. The van der Waals surface area contributed by atoms with Gasteiger partial charge in [-0.15, -0.1) is 0 Å². The Kier molecular flexibility index (Phi) is 6.92. The summed E-state index contributed by atoms with van der Waals surface area (Å²) in [6.07, 6.45) is 3.65. The number of ether oxygens (including phenoxy) is 2. The summed E-state index contributed by atoms with van der Waals surface area (Å²) in [6, 6.07) is 0. The molecule has 0 heterocycles. The Morgan fingerprint density at radius 1 is 1.54 bits per heavy atom. The zero-order chi connectivity index (χ0) is 10.1. The molecule has 0 unspecified atom stereocenters. The number of rotatable bonds is 6. The fraction of sp³-hybridized carbons (Fsp3) is 0.500. The van der Waals surface area contributed by atoms with Crippen molar-refractivity contribution in [1.82, 2.24) is 0 Å². The summed E-state index contributed by atoms with van der Waals surface area (Å²) in [5.41, 5.74) is 0.958. The molecule has 0 radical (unpaired) electrons. The number of carbonyl (C=O) groups is 1. The van der Waals surface area contributed by atoms with Gasteiger partial charge in [-0.25, -0.2) is 4.79 Å². The SMILES string of the molecule is C=C(C)/C=C/COCC(=O)OCC. The second kappa shape index (κ2) is 7.55. The predicted octanol–water partition coefficient (Wildman–Crippen LogP) is 1.70. The van der Waals surface area contributed by atoms with Crippen molar-refractivity contribution in [3.63, 3.8) is 0 Å². The number of carbonyl (C=O) groups excluding carboxylic acids is 1. The molecule has 0 spiro atoms. The normalized spacial score (nSPS) is 10.3. The molecule has 0 rings (SSSR count). The smallest absolute Gasteiger partial charge is 0.332 e. The molecule has 0 fully saturated rings. The van der Waals surface area contributed by atoms with Gasteiger partial charge in [0.2, 0.25) is 0 Å². The van der Waals surface area contributed by atoms with Gasteiger partial charge >= 0.3 is 5.97 Å². The first kappa shape index (κ1) is 11.9. The van der Waals surface area contributed by atoms with E-state index in [-0.39, 0.29) is 12.6 Å². The monoisotopic (exact) mass is 184 g/mol. The Morgan fingerprint density at radius 2 is 2.23 bits per heavy atom. The maximum absolute atomic E-state index is 10.8. The van der Waals surface area contributed by atoms with Crippen LogP contribution in [0, 0.1) is 0 Å². The van der Waals surface area contributed by atoms with Gasteiger partial charge in [0.15, 0.2) is 0 Å². The van der Waals surface area contributed by atoms with Crippen molar-refractivity contribution in [1.29, 1.82) is 0 Å². The number of allylic oxidation sites excluding steroid dienone is 2. The zero-order valence-electron chi connectivity index (χ0n) is 8.21. The van der Waals surface area contributed by atoms with Crippen LogP contribution in [0.1, 0.15) is 13.8 Å². The van der Waals surface area contributed by atoms with Crippen molar-refractivity contribution in [2.45, 2.75) is 13.8 Å². The van der Waals surface area contributed by atoms with Crippen molar-refractivity contribution in [2.24, 2.45) is 0 Å². The second-order valence-corrected chi connectivity index (χ2v) is 2.57. The van der Waals surface area contributed by atoms with Crippen LogP contribution in [0.15, 0.2) is 24.3 Å². The van der Waals surface area contributed by atoms with Crippen LogP contribution >= 0.6 is 0 Å². The molecule has 0 saturated heterocycles. The third-order valence-corrected chi connectivity index (χ3v) is 1.14. The maximum Gasteiger partial charge on any atom is 0.332 e. The lowest BCUT2D eigenvalue weighted by Crippen LogP contribution is -2.12. The van der Waals surface area contributed by atoms with Crippen molar-refractivity contribution in [2.75, 3.05) is 19.8 Å². The molecule has 0 aliphatic heterocycles. The Hall–Kier alpha value is -1.09. The fourth-order valence-corrected chi connectivity index (χ4v) is 0.662. The van der Waals surface area contributed by atoms with Gasteiger partial charge in [0.05, 0.1) is 13.2 Å². The van der Waals surface area contributed by atoms with E-state index in [2.05, 4.69) is 11.3 Å². The zero-order valence-corrected chi connectivity index (χ0v) is 8.21. The average Bonchev–Trinajstić information content (AvgIpc) is 2.03. The van der Waals surface area contributed by atoms with E-state index in [0.717, 1.165) is 5.57 Å². The molecule has 3 nitrogen and oxygen atoms in total. The molecule has 0 aliphatic carbocycles. The minimum Gasteiger partial charge on any atom is -0.464 e. The molecule has 0 aromatic heterocycles. The number of esters is 1. The van der Waals surface area contributed by atoms with Crippen molar-refractivity contribution in [3.8, 4) is 0 Å². The Bertz CT molecular complexity index is 194. The van der Waals surface area contributed by atoms with Crippen LogP contribution in [-0.2, 0) is 14.3 Å². The van der Waals surface area contributed by atoms with E-state index in [4.69, 9.17) is 4.74 Å². The summed E-state index contributed by atoms with van der Waals surface area (Å²) in [6.45, 7) is 8.15. The van der Waals surface area contributed by atoms with Gasteiger partial charge in [0.1, 0.15) is 6.61 Å². The van der Waals surface area contributed by atoms with E-state index in [9.17, 15) is 4.79 Å². The largest absolute Gasteiger partial charge is 0.464 e. The van der Waals surface area contributed by atoms with Crippen LogP contribution in [0.4, 0.5) is 0 Å². The topological polar surface area (TPSA) is 35.5 Å². The first-order valence-corrected chi connectivity index (χ1v) is 4.22. The fourth-order valence-electron chi connectivity index (χ4n) is 0.662. The van der Waals surface area contributed by atoms with Gasteiger partial charge in [-0.3, -0.25) is 0 Å². The van der Waals surface area contributed by atoms with Crippen molar-refractivity contribution in [3.05, 3.63) is 24.3 Å².